The third-order valence-corrected chi connectivity index (χ3v) is 6.86. The van der Waals surface area contributed by atoms with Crippen LogP contribution >= 0.6 is 0 Å². The zero-order chi connectivity index (χ0) is 25.0. The highest BCUT2D eigenvalue weighted by atomic mass is 19.1. The summed E-state index contributed by atoms with van der Waals surface area (Å²) < 4.78 is 61.1. The Bertz CT molecular complexity index is 1440. The van der Waals surface area contributed by atoms with Gasteiger partial charge in [0, 0.05) is 37.0 Å². The minimum Gasteiger partial charge on any atom is -0.477 e. The van der Waals surface area contributed by atoms with Gasteiger partial charge in [-0.25, -0.2) is 22.4 Å². The fourth-order valence-electron chi connectivity index (χ4n) is 5.24. The van der Waals surface area contributed by atoms with Gasteiger partial charge >= 0.3 is 5.97 Å². The lowest BCUT2D eigenvalue weighted by Gasteiger charge is -2.24. The molecule has 2 aliphatic heterocycles. The molecule has 182 valence electrons. The van der Waals surface area contributed by atoms with Gasteiger partial charge in [0.25, 0.3) is 0 Å². The Balaban J connectivity index is 1.87. The van der Waals surface area contributed by atoms with Crippen molar-refractivity contribution in [2.45, 2.75) is 18.9 Å². The fraction of sp³-hybridized carbons (Fsp3) is 0.280. The quantitative estimate of drug-likeness (QED) is 0.543. The van der Waals surface area contributed by atoms with Gasteiger partial charge in [-0.2, -0.15) is 0 Å². The number of hydrogen-bond donors (Lipinski definition) is 2. The molecule has 0 aliphatic carbocycles. The van der Waals surface area contributed by atoms with Gasteiger partial charge in [0.05, 0.1) is 16.6 Å². The minimum atomic E-state index is -1.66. The minimum absolute atomic E-state index is 0.0385. The Morgan fingerprint density at radius 2 is 1.94 bits per heavy atom. The van der Waals surface area contributed by atoms with Crippen molar-refractivity contribution in [1.82, 2.24) is 9.88 Å². The molecule has 2 aliphatic rings. The first-order valence-corrected chi connectivity index (χ1v) is 11.1. The largest absolute Gasteiger partial charge is 0.477 e. The molecule has 5 rings (SSSR count). The van der Waals surface area contributed by atoms with Crippen LogP contribution in [0.4, 0.5) is 23.2 Å². The first-order chi connectivity index (χ1) is 16.7. The molecule has 6 nitrogen and oxygen atoms in total. The van der Waals surface area contributed by atoms with Crippen LogP contribution in [0.3, 0.4) is 0 Å². The van der Waals surface area contributed by atoms with Crippen molar-refractivity contribution in [1.29, 1.82) is 0 Å². The average Bonchev–Trinajstić information content (AvgIpc) is 3.23. The van der Waals surface area contributed by atoms with Crippen LogP contribution < -0.4 is 15.6 Å². The van der Waals surface area contributed by atoms with Crippen molar-refractivity contribution >= 4 is 28.6 Å². The van der Waals surface area contributed by atoms with E-state index in [-0.39, 0.29) is 17.5 Å². The lowest BCUT2D eigenvalue weighted by molar-refractivity contribution is 0.0695. The Morgan fingerprint density at radius 1 is 1.17 bits per heavy atom. The summed E-state index contributed by atoms with van der Waals surface area (Å²) in [5.74, 6) is -5.69. The van der Waals surface area contributed by atoms with E-state index in [1.165, 1.54) is 0 Å². The number of nitrogens with zero attached hydrogens (tertiary/aromatic N) is 2. The number of carbonyl (C=O) groups is 1. The zero-order valence-electron chi connectivity index (χ0n) is 18.5. The number of nitrogens with one attached hydrogen (secondary N) is 1. The highest BCUT2D eigenvalue weighted by molar-refractivity contribution is 5.98. The van der Waals surface area contributed by atoms with Gasteiger partial charge in [0.2, 0.25) is 5.43 Å². The molecule has 0 amide bonds. The Labute approximate surface area is 197 Å². The molecule has 3 heterocycles. The van der Waals surface area contributed by atoms with Crippen LogP contribution in [-0.2, 0) is 0 Å². The van der Waals surface area contributed by atoms with E-state index < -0.39 is 62.5 Å². The van der Waals surface area contributed by atoms with Crippen LogP contribution in [0, 0.1) is 29.2 Å². The summed E-state index contributed by atoms with van der Waals surface area (Å²) in [4.78, 5) is 26.4. The van der Waals surface area contributed by atoms with E-state index in [0.717, 1.165) is 48.4 Å². The number of carboxylic acids is 1. The first kappa shape index (κ1) is 23.1. The molecular formula is C25H21F4N3O3. The first-order valence-electron chi connectivity index (χ1n) is 11.1. The van der Waals surface area contributed by atoms with Crippen molar-refractivity contribution in [2.75, 3.05) is 24.5 Å². The summed E-state index contributed by atoms with van der Waals surface area (Å²) in [5, 5.41) is 12.3. The smallest absolute Gasteiger partial charge is 0.341 e. The number of aromatic carboxylic acids is 1. The second-order valence-corrected chi connectivity index (χ2v) is 8.83. The third kappa shape index (κ3) is 3.59. The maximum atomic E-state index is 16.2. The predicted molar refractivity (Wildman–Crippen MR) is 123 cm³/mol. The lowest BCUT2D eigenvalue weighted by atomic mass is 9.94. The maximum absolute atomic E-state index is 16.2. The second-order valence-electron chi connectivity index (χ2n) is 8.83. The summed E-state index contributed by atoms with van der Waals surface area (Å²) in [7, 11) is 0. The van der Waals surface area contributed by atoms with Crippen LogP contribution in [0.1, 0.15) is 28.8 Å². The van der Waals surface area contributed by atoms with E-state index in [9.17, 15) is 23.5 Å². The monoisotopic (exact) mass is 487 g/mol. The number of aromatic nitrogens is 1. The molecule has 2 atom stereocenters. The number of benzene rings is 2. The van der Waals surface area contributed by atoms with E-state index in [1.54, 1.807) is 4.90 Å². The Hall–Kier alpha value is -3.66. The molecule has 2 aromatic carbocycles. The lowest BCUT2D eigenvalue weighted by Crippen LogP contribution is -2.40. The van der Waals surface area contributed by atoms with Gasteiger partial charge in [-0.3, -0.25) is 4.79 Å². The van der Waals surface area contributed by atoms with E-state index in [2.05, 4.69) is 11.9 Å². The van der Waals surface area contributed by atoms with E-state index in [0.29, 0.717) is 19.2 Å². The number of anilines is 1. The van der Waals surface area contributed by atoms with Crippen LogP contribution in [0.25, 0.3) is 22.7 Å². The van der Waals surface area contributed by atoms with Crippen LogP contribution in [0.2, 0.25) is 0 Å². The summed E-state index contributed by atoms with van der Waals surface area (Å²) in [5.41, 5.74) is -3.66. The zero-order valence-corrected chi connectivity index (χ0v) is 18.5. The molecule has 1 aromatic heterocycles. The molecule has 2 fully saturated rings. The number of rotatable bonds is 4. The number of hydrogen-bond acceptors (Lipinski definition) is 4. The van der Waals surface area contributed by atoms with Gasteiger partial charge in [0.15, 0.2) is 11.6 Å². The molecule has 2 unspecified atom stereocenters. The van der Waals surface area contributed by atoms with E-state index in [4.69, 9.17) is 0 Å². The topological polar surface area (TPSA) is 74.6 Å². The van der Waals surface area contributed by atoms with Crippen molar-refractivity contribution in [3.63, 3.8) is 0 Å². The van der Waals surface area contributed by atoms with Gasteiger partial charge in [0.1, 0.15) is 22.9 Å². The average molecular weight is 487 g/mol. The fourth-order valence-corrected chi connectivity index (χ4v) is 5.24. The van der Waals surface area contributed by atoms with Crippen LogP contribution in [0.15, 0.2) is 35.8 Å². The van der Waals surface area contributed by atoms with Gasteiger partial charge in [-0.05, 0) is 37.4 Å². The van der Waals surface area contributed by atoms with E-state index >= 15 is 8.78 Å². The molecule has 10 heteroatoms. The Kier molecular flexibility index (Phi) is 5.63. The van der Waals surface area contributed by atoms with E-state index in [1.807, 2.05) is 0 Å². The van der Waals surface area contributed by atoms with Crippen molar-refractivity contribution in [3.8, 4) is 5.69 Å². The van der Waals surface area contributed by atoms with Crippen molar-refractivity contribution in [2.24, 2.45) is 5.92 Å². The number of pyridine rings is 1. The highest BCUT2D eigenvalue weighted by Gasteiger charge is 2.38. The van der Waals surface area contributed by atoms with Gasteiger partial charge < -0.3 is 19.9 Å². The molecule has 0 radical (unpaired) electrons. The Morgan fingerprint density at radius 3 is 2.60 bits per heavy atom. The molecule has 0 saturated carbocycles. The maximum Gasteiger partial charge on any atom is 0.341 e. The summed E-state index contributed by atoms with van der Waals surface area (Å²) in [6.45, 7) is 5.04. The summed E-state index contributed by atoms with van der Waals surface area (Å²) in [6, 6.07) is 2.49. The van der Waals surface area contributed by atoms with Gasteiger partial charge in [-0.1, -0.05) is 12.7 Å². The third-order valence-electron chi connectivity index (χ3n) is 6.86. The molecule has 3 aromatic rings. The summed E-state index contributed by atoms with van der Waals surface area (Å²) >= 11 is 0. The SMILES string of the molecule is C=Cc1c(F)c(N2CC3CCCNC3C2)c(F)c2c1c(=O)c(C(=O)O)cn2-c1ccc(F)cc1F. The molecule has 2 saturated heterocycles. The molecule has 35 heavy (non-hydrogen) atoms. The second kappa shape index (κ2) is 8.53. The van der Waals surface area contributed by atoms with Crippen LogP contribution in [0.5, 0.6) is 0 Å². The molecule has 0 spiro atoms. The summed E-state index contributed by atoms with van der Waals surface area (Å²) in [6.07, 6.45) is 3.62. The number of carboxylic acid groups (broad SMARTS) is 1. The molecule has 0 bridgehead atoms. The standard InChI is InChI=1S/C25H21F4N3O3/c1-2-14-19-22(21(29)23(20(14)28)31-9-12-4-3-7-30-17(12)11-31)32(10-15(24(19)33)25(34)35)18-6-5-13(26)8-16(18)27/h2,5-6,8,10,12,17,30H,1,3-4,7,9,11H2,(H,34,35). The number of halogens is 4. The van der Waals surface area contributed by atoms with Crippen molar-refractivity contribution < 1.29 is 27.5 Å². The normalized spacial score (nSPS) is 19.7. The molecular weight excluding hydrogens is 466 g/mol. The van der Waals surface area contributed by atoms with Gasteiger partial charge in [-0.15, -0.1) is 0 Å². The van der Waals surface area contributed by atoms with Crippen LogP contribution in [-0.4, -0.2) is 41.3 Å². The predicted octanol–water partition coefficient (Wildman–Crippen LogP) is 4.08. The van der Waals surface area contributed by atoms with Crippen molar-refractivity contribution in [3.05, 3.63) is 75.6 Å². The number of fused-ring (bicyclic) bond motifs is 2. The number of piperidine rings is 1. The highest BCUT2D eigenvalue weighted by Crippen LogP contribution is 2.38. The molecule has 2 N–H and O–H groups in total.